The second kappa shape index (κ2) is 11.4. The Balaban J connectivity index is 1.17. The maximum Gasteiger partial charge on any atom is 0.160 e. The lowest BCUT2D eigenvalue weighted by atomic mass is 10.0. The van der Waals surface area contributed by atoms with Crippen LogP contribution in [0.1, 0.15) is 0 Å². The fraction of sp³-hybridized carbons (Fsp3) is 0. The topological polar surface area (TPSA) is 35.6 Å². The molecule has 0 atom stereocenters. The van der Waals surface area contributed by atoms with Crippen LogP contribution in [0.15, 0.2) is 182 Å². The minimum atomic E-state index is 0.715. The summed E-state index contributed by atoms with van der Waals surface area (Å²) in [7, 11) is 0. The van der Waals surface area contributed by atoms with Crippen LogP contribution in [0.25, 0.3) is 88.9 Å². The first-order chi connectivity index (χ1) is 24.8. The van der Waals surface area contributed by atoms with Gasteiger partial charge in [0.1, 0.15) is 0 Å². The van der Waals surface area contributed by atoms with Crippen molar-refractivity contribution < 1.29 is 0 Å². The highest BCUT2D eigenvalue weighted by Crippen LogP contribution is 2.38. The molecule has 0 amide bonds. The maximum atomic E-state index is 5.12. The van der Waals surface area contributed by atoms with Crippen molar-refractivity contribution in [3.63, 3.8) is 0 Å². The van der Waals surface area contributed by atoms with Crippen LogP contribution < -0.4 is 0 Å². The van der Waals surface area contributed by atoms with Gasteiger partial charge in [0.2, 0.25) is 0 Å². The Morgan fingerprint density at radius 3 is 1.44 bits per heavy atom. The summed E-state index contributed by atoms with van der Waals surface area (Å²) in [6.07, 6.45) is 0. The molecule has 0 spiro atoms. The van der Waals surface area contributed by atoms with Gasteiger partial charge in [0.15, 0.2) is 5.82 Å². The van der Waals surface area contributed by atoms with E-state index in [1.165, 1.54) is 38.1 Å². The lowest BCUT2D eigenvalue weighted by molar-refractivity contribution is 1.16. The molecule has 0 unspecified atom stereocenters. The van der Waals surface area contributed by atoms with E-state index >= 15 is 0 Å². The minimum absolute atomic E-state index is 0.715. The molecule has 0 aliphatic rings. The Hall–Kier alpha value is -6.78. The summed E-state index contributed by atoms with van der Waals surface area (Å²) in [5.74, 6) is 0.715. The fourth-order valence-corrected chi connectivity index (χ4v) is 7.43. The first-order valence-corrected chi connectivity index (χ1v) is 16.9. The summed E-state index contributed by atoms with van der Waals surface area (Å²) < 4.78 is 4.76. The molecule has 3 heterocycles. The molecular formula is C46H30N4. The molecule has 0 fully saturated rings. The Kier molecular flexibility index (Phi) is 6.46. The molecule has 0 saturated heterocycles. The van der Waals surface area contributed by atoms with E-state index in [2.05, 4.69) is 167 Å². The molecule has 0 aliphatic carbocycles. The molecule has 10 aromatic rings. The molecule has 10 rings (SSSR count). The third kappa shape index (κ3) is 4.54. The summed E-state index contributed by atoms with van der Waals surface area (Å²) in [5, 5.41) is 4.86. The van der Waals surface area contributed by atoms with Crippen LogP contribution in [-0.2, 0) is 0 Å². The van der Waals surface area contributed by atoms with Gasteiger partial charge in [-0.05, 0) is 60.7 Å². The smallest absolute Gasteiger partial charge is 0.160 e. The molecule has 0 aliphatic heterocycles. The summed E-state index contributed by atoms with van der Waals surface area (Å²) in [6, 6.07) is 64.3. The number of hydrogen-bond donors (Lipinski definition) is 0. The van der Waals surface area contributed by atoms with E-state index in [1.807, 2.05) is 24.3 Å². The Morgan fingerprint density at radius 1 is 0.300 bits per heavy atom. The third-order valence-corrected chi connectivity index (χ3v) is 9.72. The molecule has 234 valence electrons. The molecule has 0 saturated carbocycles. The van der Waals surface area contributed by atoms with Gasteiger partial charge in [-0.3, -0.25) is 0 Å². The number of para-hydroxylation sites is 3. The van der Waals surface area contributed by atoms with Gasteiger partial charge >= 0.3 is 0 Å². The monoisotopic (exact) mass is 638 g/mol. The van der Waals surface area contributed by atoms with Gasteiger partial charge in [-0.15, -0.1) is 0 Å². The van der Waals surface area contributed by atoms with Crippen molar-refractivity contribution in [2.24, 2.45) is 0 Å². The normalized spacial score (nSPS) is 11.6. The number of aromatic nitrogens is 4. The molecule has 0 N–H and O–H groups in total. The SMILES string of the molecule is c1ccc(-c2cc(-c3ccc4c(c3)c3ccccc3n4-c3ccc4c(c3)c3ccccc3n4-c3ccccc3)nc(-c3ccccc3)n2)cc1. The first kappa shape index (κ1) is 28.3. The lowest BCUT2D eigenvalue weighted by Gasteiger charge is -2.11. The standard InChI is InChI=1S/C46H30N4/c1-4-14-31(15-5-1)40-30-41(48-46(47-40)32-16-6-2-7-17-32)33-24-26-44-38(28-33)36-20-10-13-23-43(36)50(44)35-25-27-45-39(29-35)37-21-11-12-22-42(37)49(45)34-18-8-3-9-19-34/h1-30H. The van der Waals surface area contributed by atoms with Gasteiger partial charge in [-0.25, -0.2) is 9.97 Å². The first-order valence-electron chi connectivity index (χ1n) is 16.9. The zero-order chi connectivity index (χ0) is 33.0. The minimum Gasteiger partial charge on any atom is -0.309 e. The van der Waals surface area contributed by atoms with E-state index in [-0.39, 0.29) is 0 Å². The average molecular weight is 639 g/mol. The van der Waals surface area contributed by atoms with Gasteiger partial charge in [-0.1, -0.05) is 121 Å². The molecule has 0 bridgehead atoms. The number of rotatable bonds is 5. The number of nitrogens with zero attached hydrogens (tertiary/aromatic N) is 4. The maximum absolute atomic E-state index is 5.12. The molecule has 4 nitrogen and oxygen atoms in total. The zero-order valence-corrected chi connectivity index (χ0v) is 27.1. The Morgan fingerprint density at radius 2 is 0.780 bits per heavy atom. The van der Waals surface area contributed by atoms with E-state index < -0.39 is 0 Å². The molecule has 3 aromatic heterocycles. The van der Waals surface area contributed by atoms with Crippen LogP contribution in [0, 0.1) is 0 Å². The van der Waals surface area contributed by atoms with Gasteiger partial charge in [0.25, 0.3) is 0 Å². The summed E-state index contributed by atoms with van der Waals surface area (Å²) in [4.78, 5) is 10.1. The van der Waals surface area contributed by atoms with Crippen molar-refractivity contribution in [1.82, 2.24) is 19.1 Å². The summed E-state index contributed by atoms with van der Waals surface area (Å²) >= 11 is 0. The van der Waals surface area contributed by atoms with Crippen LogP contribution in [0.2, 0.25) is 0 Å². The summed E-state index contributed by atoms with van der Waals surface area (Å²) in [6.45, 7) is 0. The lowest BCUT2D eigenvalue weighted by Crippen LogP contribution is -1.96. The van der Waals surface area contributed by atoms with E-state index in [0.29, 0.717) is 5.82 Å². The second-order valence-electron chi connectivity index (χ2n) is 12.7. The highest BCUT2D eigenvalue weighted by Gasteiger charge is 2.18. The average Bonchev–Trinajstić information content (AvgIpc) is 3.71. The van der Waals surface area contributed by atoms with Gasteiger partial charge in [0, 0.05) is 49.6 Å². The van der Waals surface area contributed by atoms with Crippen LogP contribution in [0.4, 0.5) is 0 Å². The molecule has 4 heteroatoms. The highest BCUT2D eigenvalue weighted by atomic mass is 15.0. The Bertz CT molecular complexity index is 2790. The van der Waals surface area contributed by atoms with Crippen molar-refractivity contribution in [2.45, 2.75) is 0 Å². The van der Waals surface area contributed by atoms with Crippen molar-refractivity contribution >= 4 is 43.6 Å². The predicted molar refractivity (Wildman–Crippen MR) is 207 cm³/mol. The molecular weight excluding hydrogens is 609 g/mol. The number of hydrogen-bond acceptors (Lipinski definition) is 2. The van der Waals surface area contributed by atoms with Gasteiger partial charge in [0.05, 0.1) is 33.5 Å². The number of fused-ring (bicyclic) bond motifs is 6. The second-order valence-corrected chi connectivity index (χ2v) is 12.7. The van der Waals surface area contributed by atoms with Gasteiger partial charge in [-0.2, -0.15) is 0 Å². The zero-order valence-electron chi connectivity index (χ0n) is 27.1. The van der Waals surface area contributed by atoms with Crippen molar-refractivity contribution in [2.75, 3.05) is 0 Å². The highest BCUT2D eigenvalue weighted by molar-refractivity contribution is 6.12. The molecule has 0 radical (unpaired) electrons. The largest absolute Gasteiger partial charge is 0.309 e. The van der Waals surface area contributed by atoms with Crippen LogP contribution >= 0.6 is 0 Å². The van der Waals surface area contributed by atoms with E-state index in [1.54, 1.807) is 0 Å². The van der Waals surface area contributed by atoms with Crippen molar-refractivity contribution in [1.29, 1.82) is 0 Å². The quantitative estimate of drug-likeness (QED) is 0.188. The number of benzene rings is 7. The summed E-state index contributed by atoms with van der Waals surface area (Å²) in [5.41, 5.74) is 11.9. The third-order valence-electron chi connectivity index (χ3n) is 9.72. The van der Waals surface area contributed by atoms with Crippen LogP contribution in [-0.4, -0.2) is 19.1 Å². The molecule has 7 aromatic carbocycles. The van der Waals surface area contributed by atoms with Gasteiger partial charge < -0.3 is 9.13 Å². The van der Waals surface area contributed by atoms with E-state index in [0.717, 1.165) is 45.0 Å². The van der Waals surface area contributed by atoms with E-state index in [9.17, 15) is 0 Å². The van der Waals surface area contributed by atoms with E-state index in [4.69, 9.17) is 9.97 Å². The van der Waals surface area contributed by atoms with Crippen molar-refractivity contribution in [3.8, 4) is 45.3 Å². The Labute approximate surface area is 289 Å². The predicted octanol–water partition coefficient (Wildman–Crippen LogP) is 11.7. The van der Waals surface area contributed by atoms with Crippen LogP contribution in [0.5, 0.6) is 0 Å². The fourth-order valence-electron chi connectivity index (χ4n) is 7.43. The van der Waals surface area contributed by atoms with Crippen LogP contribution in [0.3, 0.4) is 0 Å². The van der Waals surface area contributed by atoms with Crippen molar-refractivity contribution in [3.05, 3.63) is 182 Å². The molecule has 50 heavy (non-hydrogen) atoms.